The molecule has 1 saturated carbocycles. The number of hydrogen-bond acceptors (Lipinski definition) is 1. The van der Waals surface area contributed by atoms with E-state index in [0.29, 0.717) is 11.1 Å². The van der Waals surface area contributed by atoms with Gasteiger partial charge in [0.2, 0.25) is 0 Å². The summed E-state index contributed by atoms with van der Waals surface area (Å²) in [4.78, 5) is 4.54. The predicted molar refractivity (Wildman–Crippen MR) is 75.7 cm³/mol. The van der Waals surface area contributed by atoms with Crippen LogP contribution in [0.5, 0.6) is 0 Å². The topological polar surface area (TPSA) is 12.9 Å². The summed E-state index contributed by atoms with van der Waals surface area (Å²) >= 11 is 9.84. The smallest absolute Gasteiger partial charge is 0.133 e. The van der Waals surface area contributed by atoms with Crippen LogP contribution in [-0.2, 0) is 0 Å². The Morgan fingerprint density at radius 1 is 1.24 bits per heavy atom. The zero-order valence-corrected chi connectivity index (χ0v) is 11.8. The Bertz CT molecular complexity index is 561. The van der Waals surface area contributed by atoms with Crippen molar-refractivity contribution in [3.63, 3.8) is 0 Å². The van der Waals surface area contributed by atoms with Crippen molar-refractivity contribution >= 4 is 38.4 Å². The molecule has 3 heteroatoms. The van der Waals surface area contributed by atoms with Gasteiger partial charge in [-0.05, 0) is 52.4 Å². The third-order valence-corrected chi connectivity index (χ3v) is 4.51. The molecule has 2 aromatic rings. The fourth-order valence-electron chi connectivity index (χ4n) is 2.68. The molecule has 0 radical (unpaired) electrons. The highest BCUT2D eigenvalue weighted by Gasteiger charge is 2.20. The Labute approximate surface area is 114 Å². The van der Waals surface area contributed by atoms with Crippen LogP contribution in [0.15, 0.2) is 28.7 Å². The Kier molecular flexibility index (Phi) is 3.10. The lowest BCUT2D eigenvalue weighted by Gasteiger charge is -2.12. The molecule has 0 atom stereocenters. The van der Waals surface area contributed by atoms with Crippen LogP contribution < -0.4 is 0 Å². The molecule has 0 saturated heterocycles. The summed E-state index contributed by atoms with van der Waals surface area (Å²) < 4.78 is 1.01. The summed E-state index contributed by atoms with van der Waals surface area (Å²) in [5, 5.41) is 1.85. The molecule has 1 aromatic carbocycles. The third-order valence-electron chi connectivity index (χ3n) is 3.57. The number of pyridine rings is 1. The lowest BCUT2D eigenvalue weighted by atomic mass is 9.98. The molecule has 0 bridgehead atoms. The number of hydrogen-bond donors (Lipinski definition) is 0. The fraction of sp³-hybridized carbons (Fsp3) is 0.357. The minimum absolute atomic E-state index is 0.610. The lowest BCUT2D eigenvalue weighted by molar-refractivity contribution is 0.721. The van der Waals surface area contributed by atoms with Crippen LogP contribution in [0.4, 0.5) is 0 Å². The highest BCUT2D eigenvalue weighted by molar-refractivity contribution is 9.10. The molecule has 1 aromatic heterocycles. The van der Waals surface area contributed by atoms with E-state index < -0.39 is 0 Å². The van der Waals surface area contributed by atoms with E-state index in [1.807, 2.05) is 12.1 Å². The van der Waals surface area contributed by atoms with E-state index in [0.717, 1.165) is 9.99 Å². The minimum Gasteiger partial charge on any atom is -0.235 e. The second kappa shape index (κ2) is 4.58. The summed E-state index contributed by atoms with van der Waals surface area (Å²) in [6, 6.07) is 8.36. The Balaban J connectivity index is 2.17. The summed E-state index contributed by atoms with van der Waals surface area (Å²) in [7, 11) is 0. The van der Waals surface area contributed by atoms with E-state index in [1.165, 1.54) is 36.6 Å². The molecule has 88 valence electrons. The van der Waals surface area contributed by atoms with Crippen LogP contribution in [0.25, 0.3) is 10.9 Å². The van der Waals surface area contributed by atoms with Crippen molar-refractivity contribution < 1.29 is 0 Å². The quantitative estimate of drug-likeness (QED) is 0.651. The van der Waals surface area contributed by atoms with Crippen molar-refractivity contribution in [1.82, 2.24) is 4.98 Å². The molecule has 1 heterocycles. The monoisotopic (exact) mass is 309 g/mol. The van der Waals surface area contributed by atoms with Crippen molar-refractivity contribution in [1.29, 1.82) is 0 Å². The summed E-state index contributed by atoms with van der Waals surface area (Å²) in [6.45, 7) is 0. The molecule has 0 unspecified atom stereocenters. The first-order valence-corrected chi connectivity index (χ1v) is 7.17. The molecule has 3 rings (SSSR count). The molecular formula is C14H13BrClN. The number of benzene rings is 1. The van der Waals surface area contributed by atoms with Crippen LogP contribution in [0.3, 0.4) is 0 Å². The maximum atomic E-state index is 6.32. The zero-order valence-electron chi connectivity index (χ0n) is 9.42. The van der Waals surface area contributed by atoms with Gasteiger partial charge in [0.25, 0.3) is 0 Å². The standard InChI is InChI=1S/C14H13BrClN/c15-12-7-3-6-10-8-11(9-4-1-2-5-9)14(16)17-13(10)12/h3,6-9H,1-2,4-5H2. The number of nitrogens with zero attached hydrogens (tertiary/aromatic N) is 1. The first kappa shape index (κ1) is 11.5. The number of aromatic nitrogens is 1. The minimum atomic E-state index is 0.610. The molecular weight excluding hydrogens is 298 g/mol. The Hall–Kier alpha value is -0.600. The van der Waals surface area contributed by atoms with Crippen molar-refractivity contribution in [2.24, 2.45) is 0 Å². The van der Waals surface area contributed by atoms with Gasteiger partial charge in [0.05, 0.1) is 5.52 Å². The zero-order chi connectivity index (χ0) is 11.8. The highest BCUT2D eigenvalue weighted by atomic mass is 79.9. The molecule has 0 aliphatic heterocycles. The van der Waals surface area contributed by atoms with E-state index in [9.17, 15) is 0 Å². The number of rotatable bonds is 1. The molecule has 0 N–H and O–H groups in total. The molecule has 1 nitrogen and oxygen atoms in total. The van der Waals surface area contributed by atoms with Gasteiger partial charge in [0, 0.05) is 9.86 Å². The second-order valence-corrected chi connectivity index (χ2v) is 5.87. The van der Waals surface area contributed by atoms with E-state index in [1.54, 1.807) is 0 Å². The van der Waals surface area contributed by atoms with E-state index in [-0.39, 0.29) is 0 Å². The normalized spacial score (nSPS) is 16.8. The maximum Gasteiger partial charge on any atom is 0.133 e. The summed E-state index contributed by atoms with van der Waals surface area (Å²) in [5.74, 6) is 0.610. The highest BCUT2D eigenvalue weighted by Crippen LogP contribution is 2.38. The third kappa shape index (κ3) is 2.09. The van der Waals surface area contributed by atoms with E-state index in [2.05, 4.69) is 33.0 Å². The average molecular weight is 311 g/mol. The van der Waals surface area contributed by atoms with Crippen LogP contribution in [0.2, 0.25) is 5.15 Å². The largest absolute Gasteiger partial charge is 0.235 e. The lowest BCUT2D eigenvalue weighted by Crippen LogP contribution is -1.96. The first-order chi connectivity index (χ1) is 8.25. The number of halogens is 2. The van der Waals surface area contributed by atoms with Gasteiger partial charge in [0.1, 0.15) is 5.15 Å². The van der Waals surface area contributed by atoms with E-state index in [4.69, 9.17) is 11.6 Å². The molecule has 1 aliphatic rings. The van der Waals surface area contributed by atoms with Crippen molar-refractivity contribution in [2.45, 2.75) is 31.6 Å². The van der Waals surface area contributed by atoms with Gasteiger partial charge in [-0.15, -0.1) is 0 Å². The Morgan fingerprint density at radius 3 is 2.76 bits per heavy atom. The number of fused-ring (bicyclic) bond motifs is 1. The SMILES string of the molecule is Clc1nc2c(Br)cccc2cc1C1CCCC1. The van der Waals surface area contributed by atoms with Crippen molar-refractivity contribution in [3.05, 3.63) is 39.5 Å². The Morgan fingerprint density at radius 2 is 2.00 bits per heavy atom. The molecule has 1 fully saturated rings. The van der Waals surface area contributed by atoms with Gasteiger partial charge >= 0.3 is 0 Å². The van der Waals surface area contributed by atoms with Gasteiger partial charge in [0.15, 0.2) is 0 Å². The van der Waals surface area contributed by atoms with Crippen LogP contribution in [0.1, 0.15) is 37.2 Å². The van der Waals surface area contributed by atoms with Crippen LogP contribution in [0, 0.1) is 0 Å². The van der Waals surface area contributed by atoms with Crippen LogP contribution >= 0.6 is 27.5 Å². The average Bonchev–Trinajstić information content (AvgIpc) is 2.83. The molecule has 17 heavy (non-hydrogen) atoms. The predicted octanol–water partition coefficient (Wildman–Crippen LogP) is 5.31. The van der Waals surface area contributed by atoms with E-state index >= 15 is 0 Å². The van der Waals surface area contributed by atoms with Gasteiger partial charge in [-0.25, -0.2) is 4.98 Å². The molecule has 0 amide bonds. The van der Waals surface area contributed by atoms with Crippen molar-refractivity contribution in [3.8, 4) is 0 Å². The van der Waals surface area contributed by atoms with Gasteiger partial charge in [-0.1, -0.05) is 36.6 Å². The van der Waals surface area contributed by atoms with Crippen LogP contribution in [-0.4, -0.2) is 4.98 Å². The second-order valence-electron chi connectivity index (χ2n) is 4.66. The van der Waals surface area contributed by atoms with Gasteiger partial charge in [-0.2, -0.15) is 0 Å². The molecule has 0 spiro atoms. The summed E-state index contributed by atoms with van der Waals surface area (Å²) in [6.07, 6.45) is 5.14. The summed E-state index contributed by atoms with van der Waals surface area (Å²) in [5.41, 5.74) is 2.19. The fourth-order valence-corrected chi connectivity index (χ4v) is 3.44. The molecule has 1 aliphatic carbocycles. The van der Waals surface area contributed by atoms with Gasteiger partial charge in [-0.3, -0.25) is 0 Å². The van der Waals surface area contributed by atoms with Gasteiger partial charge < -0.3 is 0 Å². The van der Waals surface area contributed by atoms with Crippen molar-refractivity contribution in [2.75, 3.05) is 0 Å². The maximum absolute atomic E-state index is 6.32. The number of para-hydroxylation sites is 1. The first-order valence-electron chi connectivity index (χ1n) is 6.00.